The highest BCUT2D eigenvalue weighted by Crippen LogP contribution is 2.39. The van der Waals surface area contributed by atoms with Crippen LogP contribution in [0.25, 0.3) is 22.3 Å². The van der Waals surface area contributed by atoms with E-state index in [4.69, 9.17) is 13.9 Å². The van der Waals surface area contributed by atoms with E-state index in [-0.39, 0.29) is 28.0 Å². The van der Waals surface area contributed by atoms with Gasteiger partial charge in [-0.1, -0.05) is 0 Å². The molecule has 1 unspecified atom stereocenters. The van der Waals surface area contributed by atoms with Crippen LogP contribution in [0, 0.1) is 0 Å². The highest BCUT2D eigenvalue weighted by atomic mass is 16.7. The zero-order valence-corrected chi connectivity index (χ0v) is 15.7. The topological polar surface area (TPSA) is 190 Å². The average Bonchev–Trinajstić information content (AvgIpc) is 2.71. The van der Waals surface area contributed by atoms with E-state index < -0.39 is 59.6 Å². The number of phenolic OH excluding ortho intramolecular Hbond substituents is 4. The molecule has 1 saturated heterocycles. The van der Waals surface area contributed by atoms with Crippen molar-refractivity contribution in [1.82, 2.24) is 0 Å². The number of aliphatic hydroxyl groups excluding tert-OH is 3. The molecule has 4 atom stereocenters. The molecule has 0 saturated carbocycles. The maximum Gasteiger partial charge on any atom is 0.239 e. The van der Waals surface area contributed by atoms with Crippen molar-refractivity contribution in [1.29, 1.82) is 0 Å². The average molecular weight is 434 g/mol. The summed E-state index contributed by atoms with van der Waals surface area (Å²) in [6, 6.07) is 5.50. The van der Waals surface area contributed by atoms with Gasteiger partial charge in [-0.05, 0) is 18.2 Å². The molecular formula is C20H18O11. The van der Waals surface area contributed by atoms with E-state index in [1.54, 1.807) is 0 Å². The van der Waals surface area contributed by atoms with Crippen LogP contribution in [0.5, 0.6) is 28.7 Å². The van der Waals surface area contributed by atoms with Crippen molar-refractivity contribution in [3.8, 4) is 40.1 Å². The van der Waals surface area contributed by atoms with Gasteiger partial charge in [0.2, 0.25) is 17.5 Å². The number of hydrogen-bond donors (Lipinski definition) is 7. The lowest BCUT2D eigenvalue weighted by Gasteiger charge is -2.34. The molecule has 2 heterocycles. The summed E-state index contributed by atoms with van der Waals surface area (Å²) in [5.74, 6) is -2.79. The summed E-state index contributed by atoms with van der Waals surface area (Å²) in [5, 5.41) is 68.6. The quantitative estimate of drug-likeness (QED) is 0.277. The predicted octanol–water partition coefficient (Wildman–Crippen LogP) is 0.100. The molecule has 1 aliphatic rings. The van der Waals surface area contributed by atoms with Crippen LogP contribution >= 0.6 is 0 Å². The van der Waals surface area contributed by atoms with Gasteiger partial charge in [0.1, 0.15) is 40.8 Å². The fourth-order valence-electron chi connectivity index (χ4n) is 3.23. The molecule has 7 N–H and O–H groups in total. The Kier molecular flexibility index (Phi) is 5.11. The third-order valence-corrected chi connectivity index (χ3v) is 4.84. The van der Waals surface area contributed by atoms with Gasteiger partial charge in [-0.25, -0.2) is 0 Å². The lowest BCUT2D eigenvalue weighted by molar-refractivity contribution is -0.242. The molecule has 4 rings (SSSR count). The Balaban J connectivity index is 1.92. The Morgan fingerprint density at radius 3 is 2.35 bits per heavy atom. The first kappa shape index (κ1) is 20.8. The first-order chi connectivity index (χ1) is 14.7. The predicted molar refractivity (Wildman–Crippen MR) is 103 cm³/mol. The van der Waals surface area contributed by atoms with Crippen molar-refractivity contribution in [3.05, 3.63) is 40.6 Å². The van der Waals surface area contributed by atoms with E-state index in [0.29, 0.717) is 0 Å². The first-order valence-electron chi connectivity index (χ1n) is 9.05. The van der Waals surface area contributed by atoms with Crippen LogP contribution in [0.15, 0.2) is 39.5 Å². The van der Waals surface area contributed by atoms with E-state index in [0.717, 1.165) is 24.3 Å². The zero-order chi connectivity index (χ0) is 22.4. The van der Waals surface area contributed by atoms with Gasteiger partial charge in [-0.2, -0.15) is 0 Å². The van der Waals surface area contributed by atoms with Gasteiger partial charge < -0.3 is 49.6 Å². The number of fused-ring (bicyclic) bond motifs is 1. The van der Waals surface area contributed by atoms with Crippen molar-refractivity contribution in [2.24, 2.45) is 0 Å². The largest absolute Gasteiger partial charge is 0.508 e. The maximum atomic E-state index is 13.1. The van der Waals surface area contributed by atoms with Crippen LogP contribution in [0.4, 0.5) is 0 Å². The highest BCUT2D eigenvalue weighted by molar-refractivity contribution is 5.88. The molecule has 0 aliphatic carbocycles. The molecule has 1 aliphatic heterocycles. The van der Waals surface area contributed by atoms with E-state index in [9.17, 15) is 40.5 Å². The minimum atomic E-state index is -1.73. The number of phenols is 4. The van der Waals surface area contributed by atoms with E-state index in [1.165, 1.54) is 6.07 Å². The van der Waals surface area contributed by atoms with Crippen LogP contribution in [-0.4, -0.2) is 67.0 Å². The molecule has 11 heteroatoms. The second kappa shape index (κ2) is 7.63. The van der Waals surface area contributed by atoms with Crippen LogP contribution in [0.3, 0.4) is 0 Å². The Hall–Kier alpha value is -3.51. The summed E-state index contributed by atoms with van der Waals surface area (Å²) in [6.07, 6.45) is -6.29. The lowest BCUT2D eigenvalue weighted by Crippen LogP contribution is -2.55. The molecule has 11 nitrogen and oxygen atoms in total. The SMILES string of the molecule is O=c1c(OC2OC[C@@H](O)[C@@H](O)[C@@H]2O)c(-c2ccc(O)c(O)c2)oc2cc(O)cc(O)c12. The van der Waals surface area contributed by atoms with E-state index in [1.807, 2.05) is 0 Å². The molecule has 1 fully saturated rings. The monoisotopic (exact) mass is 434 g/mol. The molecule has 0 amide bonds. The number of ether oxygens (including phenoxy) is 2. The summed E-state index contributed by atoms with van der Waals surface area (Å²) in [5.41, 5.74) is -1.05. The molecule has 31 heavy (non-hydrogen) atoms. The second-order valence-corrected chi connectivity index (χ2v) is 7.00. The van der Waals surface area contributed by atoms with Crippen molar-refractivity contribution < 1.29 is 49.6 Å². The number of hydrogen-bond acceptors (Lipinski definition) is 11. The van der Waals surface area contributed by atoms with Gasteiger partial charge >= 0.3 is 0 Å². The summed E-state index contributed by atoms with van der Waals surface area (Å²) in [4.78, 5) is 13.1. The van der Waals surface area contributed by atoms with Gasteiger partial charge in [0.05, 0.1) is 6.61 Å². The number of aliphatic hydroxyl groups is 3. The van der Waals surface area contributed by atoms with Gasteiger partial charge in [0.15, 0.2) is 17.3 Å². The number of benzene rings is 2. The number of aromatic hydroxyl groups is 4. The Morgan fingerprint density at radius 1 is 0.903 bits per heavy atom. The Labute approximate surface area is 173 Å². The van der Waals surface area contributed by atoms with E-state index >= 15 is 0 Å². The third-order valence-electron chi connectivity index (χ3n) is 4.84. The smallest absolute Gasteiger partial charge is 0.239 e. The van der Waals surface area contributed by atoms with Crippen LogP contribution in [0.2, 0.25) is 0 Å². The van der Waals surface area contributed by atoms with Crippen molar-refractivity contribution in [2.45, 2.75) is 24.6 Å². The number of rotatable bonds is 3. The van der Waals surface area contributed by atoms with E-state index in [2.05, 4.69) is 0 Å². The Bertz CT molecular complexity index is 1200. The highest BCUT2D eigenvalue weighted by Gasteiger charge is 2.40. The summed E-state index contributed by atoms with van der Waals surface area (Å²) < 4.78 is 16.3. The zero-order valence-electron chi connectivity index (χ0n) is 15.7. The third kappa shape index (κ3) is 3.59. The minimum Gasteiger partial charge on any atom is -0.508 e. The molecule has 0 spiro atoms. The molecule has 0 bridgehead atoms. The van der Waals surface area contributed by atoms with Crippen molar-refractivity contribution in [3.63, 3.8) is 0 Å². The fourth-order valence-corrected chi connectivity index (χ4v) is 3.23. The lowest BCUT2D eigenvalue weighted by atomic mass is 10.1. The summed E-state index contributed by atoms with van der Waals surface area (Å²) >= 11 is 0. The molecule has 1 aromatic heterocycles. The van der Waals surface area contributed by atoms with Gasteiger partial charge in [0.25, 0.3) is 0 Å². The molecule has 3 aromatic rings. The van der Waals surface area contributed by atoms with Crippen LogP contribution in [-0.2, 0) is 4.74 Å². The normalized spacial score (nSPS) is 23.7. The fraction of sp³-hybridized carbons (Fsp3) is 0.250. The molecule has 2 aromatic carbocycles. The molecule has 0 radical (unpaired) electrons. The second-order valence-electron chi connectivity index (χ2n) is 7.00. The maximum absolute atomic E-state index is 13.1. The molecular weight excluding hydrogens is 416 g/mol. The minimum absolute atomic E-state index is 0.0676. The summed E-state index contributed by atoms with van der Waals surface area (Å²) in [7, 11) is 0. The summed E-state index contributed by atoms with van der Waals surface area (Å²) in [6.45, 7) is -0.393. The molecule has 164 valence electrons. The van der Waals surface area contributed by atoms with Gasteiger partial charge in [-0.15, -0.1) is 0 Å². The Morgan fingerprint density at radius 2 is 1.65 bits per heavy atom. The van der Waals surface area contributed by atoms with Crippen molar-refractivity contribution in [2.75, 3.05) is 6.61 Å². The van der Waals surface area contributed by atoms with Crippen molar-refractivity contribution >= 4 is 11.0 Å². The van der Waals surface area contributed by atoms with Crippen LogP contribution < -0.4 is 10.2 Å². The van der Waals surface area contributed by atoms with Crippen LogP contribution in [0.1, 0.15) is 0 Å². The first-order valence-corrected chi connectivity index (χ1v) is 9.05. The van der Waals surface area contributed by atoms with Gasteiger partial charge in [-0.3, -0.25) is 4.79 Å². The standard InChI is InChI=1S/C20H18O11/c21-8-4-11(24)14-13(5-8)30-18(7-1-2-9(22)10(23)3-7)19(16(14)27)31-20-17(28)15(26)12(25)6-29-20/h1-5,12,15,17,20-26,28H,6H2/t12-,15-,17+,20?/m1/s1. The van der Waals surface area contributed by atoms with Gasteiger partial charge in [0, 0.05) is 17.7 Å².